The van der Waals surface area contributed by atoms with Gasteiger partial charge in [0.1, 0.15) is 0 Å². The minimum atomic E-state index is -1.92. The van der Waals surface area contributed by atoms with Crippen molar-refractivity contribution in [1.29, 1.82) is 0 Å². The summed E-state index contributed by atoms with van der Waals surface area (Å²) in [6, 6.07) is -0.214. The van der Waals surface area contributed by atoms with Crippen LogP contribution in [-0.2, 0) is 4.79 Å². The molecule has 0 fully saturated rings. The third-order valence-corrected chi connectivity index (χ3v) is 2.86. The predicted octanol–water partition coefficient (Wildman–Crippen LogP) is 3.15. The van der Waals surface area contributed by atoms with E-state index in [4.69, 9.17) is 46.4 Å². The molecule has 0 bridgehead atoms. The van der Waals surface area contributed by atoms with Crippen LogP contribution < -0.4 is 5.32 Å². The number of carbonyl (C=O) groups is 1. The Labute approximate surface area is 103 Å². The van der Waals surface area contributed by atoms with E-state index in [0.29, 0.717) is 5.03 Å². The van der Waals surface area contributed by atoms with Gasteiger partial charge < -0.3 is 5.32 Å². The standard InChI is InChI=1S/C8H9Cl4NO/c9-5-3-1-2-4-6(5)13-7(14)8(10,11)12/h3,6H,1-2,4H2,(H,13,14). The molecule has 1 aliphatic carbocycles. The Kier molecular flexibility index (Phi) is 4.38. The number of rotatable bonds is 1. The lowest BCUT2D eigenvalue weighted by atomic mass is 10.0. The molecular formula is C8H9Cl4NO. The smallest absolute Gasteiger partial charge is 0.272 e. The van der Waals surface area contributed by atoms with Crippen LogP contribution in [0.2, 0.25) is 0 Å². The number of amides is 1. The van der Waals surface area contributed by atoms with Gasteiger partial charge in [0.2, 0.25) is 0 Å². The van der Waals surface area contributed by atoms with Gasteiger partial charge >= 0.3 is 0 Å². The first kappa shape index (κ1) is 12.4. The minimum absolute atomic E-state index is 0.214. The van der Waals surface area contributed by atoms with Crippen molar-refractivity contribution < 1.29 is 4.79 Å². The zero-order chi connectivity index (χ0) is 10.8. The summed E-state index contributed by atoms with van der Waals surface area (Å²) in [6.07, 6.45) is 4.55. The second-order valence-corrected chi connectivity index (χ2v) is 5.76. The quantitative estimate of drug-likeness (QED) is 0.733. The van der Waals surface area contributed by atoms with Crippen LogP contribution in [0.1, 0.15) is 19.3 Å². The maximum Gasteiger partial charge on any atom is 0.272 e. The van der Waals surface area contributed by atoms with E-state index in [1.807, 2.05) is 6.08 Å². The van der Waals surface area contributed by atoms with Gasteiger partial charge in [0.05, 0.1) is 6.04 Å². The molecule has 0 saturated carbocycles. The number of halogens is 4. The van der Waals surface area contributed by atoms with Crippen LogP contribution in [-0.4, -0.2) is 15.7 Å². The molecule has 2 nitrogen and oxygen atoms in total. The van der Waals surface area contributed by atoms with Crippen molar-refractivity contribution in [3.63, 3.8) is 0 Å². The number of carbonyl (C=O) groups excluding carboxylic acids is 1. The van der Waals surface area contributed by atoms with E-state index in [0.717, 1.165) is 19.3 Å². The van der Waals surface area contributed by atoms with Crippen LogP contribution >= 0.6 is 46.4 Å². The molecule has 0 aliphatic heterocycles. The molecule has 0 radical (unpaired) electrons. The molecular weight excluding hydrogens is 268 g/mol. The Balaban J connectivity index is 2.56. The van der Waals surface area contributed by atoms with Crippen molar-refractivity contribution in [1.82, 2.24) is 5.32 Å². The topological polar surface area (TPSA) is 29.1 Å². The van der Waals surface area contributed by atoms with E-state index in [1.54, 1.807) is 0 Å². The summed E-state index contributed by atoms with van der Waals surface area (Å²) < 4.78 is -1.92. The van der Waals surface area contributed by atoms with Crippen molar-refractivity contribution >= 4 is 52.3 Å². The highest BCUT2D eigenvalue weighted by molar-refractivity contribution is 6.76. The Hall–Kier alpha value is 0.370. The molecule has 1 aliphatic rings. The van der Waals surface area contributed by atoms with Gasteiger partial charge in [-0.25, -0.2) is 0 Å². The summed E-state index contributed by atoms with van der Waals surface area (Å²) in [5.41, 5.74) is 0. The summed E-state index contributed by atoms with van der Waals surface area (Å²) in [4.78, 5) is 11.3. The number of hydrogen-bond donors (Lipinski definition) is 1. The monoisotopic (exact) mass is 275 g/mol. The highest BCUT2D eigenvalue weighted by Crippen LogP contribution is 2.28. The summed E-state index contributed by atoms with van der Waals surface area (Å²) >= 11 is 22.1. The zero-order valence-corrected chi connectivity index (χ0v) is 10.2. The average molecular weight is 277 g/mol. The molecule has 0 aromatic carbocycles. The van der Waals surface area contributed by atoms with Crippen LogP contribution in [0.15, 0.2) is 11.1 Å². The highest BCUT2D eigenvalue weighted by Gasteiger charge is 2.33. The van der Waals surface area contributed by atoms with E-state index in [1.165, 1.54) is 0 Å². The van der Waals surface area contributed by atoms with Crippen LogP contribution in [0.4, 0.5) is 0 Å². The summed E-state index contributed by atoms with van der Waals surface area (Å²) in [5, 5.41) is 3.18. The number of allylic oxidation sites excluding steroid dienone is 1. The molecule has 6 heteroatoms. The largest absolute Gasteiger partial charge is 0.345 e. The van der Waals surface area contributed by atoms with E-state index in [9.17, 15) is 4.79 Å². The van der Waals surface area contributed by atoms with Crippen molar-refractivity contribution in [2.75, 3.05) is 0 Å². The fraction of sp³-hybridized carbons (Fsp3) is 0.625. The Morgan fingerprint density at radius 2 is 2.14 bits per heavy atom. The average Bonchev–Trinajstić information content (AvgIpc) is 2.07. The van der Waals surface area contributed by atoms with Crippen LogP contribution in [0, 0.1) is 0 Å². The lowest BCUT2D eigenvalue weighted by molar-refractivity contribution is -0.120. The molecule has 0 heterocycles. The molecule has 0 spiro atoms. The van der Waals surface area contributed by atoms with Gasteiger partial charge in [-0.2, -0.15) is 0 Å². The first-order valence-electron chi connectivity index (χ1n) is 4.14. The van der Waals surface area contributed by atoms with Gasteiger partial charge in [-0.1, -0.05) is 52.5 Å². The number of alkyl halides is 3. The van der Waals surface area contributed by atoms with Gasteiger partial charge in [-0.15, -0.1) is 0 Å². The number of nitrogens with one attached hydrogen (secondary N) is 1. The normalized spacial score (nSPS) is 22.9. The van der Waals surface area contributed by atoms with Gasteiger partial charge in [0.25, 0.3) is 9.70 Å². The van der Waals surface area contributed by atoms with E-state index >= 15 is 0 Å². The third-order valence-electron chi connectivity index (χ3n) is 1.93. The molecule has 0 aromatic heterocycles. The minimum Gasteiger partial charge on any atom is -0.345 e. The Morgan fingerprint density at radius 3 is 2.64 bits per heavy atom. The van der Waals surface area contributed by atoms with Gasteiger partial charge in [-0.05, 0) is 19.3 Å². The summed E-state index contributed by atoms with van der Waals surface area (Å²) in [5.74, 6) is -0.638. The first-order valence-corrected chi connectivity index (χ1v) is 5.65. The van der Waals surface area contributed by atoms with E-state index in [2.05, 4.69) is 5.32 Å². The Bertz CT molecular complexity index is 259. The summed E-state index contributed by atoms with van der Waals surface area (Å²) in [6.45, 7) is 0. The second kappa shape index (κ2) is 4.93. The number of hydrogen-bond acceptors (Lipinski definition) is 1. The molecule has 1 amide bonds. The van der Waals surface area contributed by atoms with Crippen molar-refractivity contribution in [2.24, 2.45) is 0 Å². The van der Waals surface area contributed by atoms with Gasteiger partial charge in [-0.3, -0.25) is 4.79 Å². The van der Waals surface area contributed by atoms with Crippen LogP contribution in [0.25, 0.3) is 0 Å². The SMILES string of the molecule is O=C(NC1CCCC=C1Cl)C(Cl)(Cl)Cl. The molecule has 1 atom stereocenters. The van der Waals surface area contributed by atoms with Crippen molar-refractivity contribution in [2.45, 2.75) is 29.1 Å². The van der Waals surface area contributed by atoms with Crippen molar-refractivity contribution in [3.05, 3.63) is 11.1 Å². The predicted molar refractivity (Wildman–Crippen MR) is 60.0 cm³/mol. The maximum absolute atomic E-state index is 11.3. The second-order valence-electron chi connectivity index (χ2n) is 3.04. The molecule has 80 valence electrons. The Morgan fingerprint density at radius 1 is 1.50 bits per heavy atom. The van der Waals surface area contributed by atoms with Crippen molar-refractivity contribution in [3.8, 4) is 0 Å². The fourth-order valence-electron chi connectivity index (χ4n) is 1.22. The maximum atomic E-state index is 11.3. The highest BCUT2D eigenvalue weighted by atomic mass is 35.6. The molecule has 14 heavy (non-hydrogen) atoms. The molecule has 1 N–H and O–H groups in total. The van der Waals surface area contributed by atoms with Gasteiger partial charge in [0, 0.05) is 5.03 Å². The summed E-state index contributed by atoms with van der Waals surface area (Å²) in [7, 11) is 0. The lowest BCUT2D eigenvalue weighted by Crippen LogP contribution is -2.42. The van der Waals surface area contributed by atoms with Gasteiger partial charge in [0.15, 0.2) is 0 Å². The molecule has 0 saturated heterocycles. The zero-order valence-electron chi connectivity index (χ0n) is 7.20. The molecule has 1 rings (SSSR count). The lowest BCUT2D eigenvalue weighted by Gasteiger charge is -2.23. The fourth-order valence-corrected chi connectivity index (χ4v) is 1.66. The van der Waals surface area contributed by atoms with E-state index < -0.39 is 9.70 Å². The molecule has 0 aromatic rings. The van der Waals surface area contributed by atoms with E-state index in [-0.39, 0.29) is 6.04 Å². The first-order chi connectivity index (χ1) is 6.41. The van der Waals surface area contributed by atoms with Crippen LogP contribution in [0.5, 0.6) is 0 Å². The molecule has 1 unspecified atom stereocenters. The van der Waals surface area contributed by atoms with Crippen LogP contribution in [0.3, 0.4) is 0 Å². The third kappa shape index (κ3) is 3.50.